The molecule has 3 N–H and O–H groups in total. The summed E-state index contributed by atoms with van der Waals surface area (Å²) in [6, 6.07) is 4.67. The van der Waals surface area contributed by atoms with Crippen molar-refractivity contribution in [2.75, 3.05) is 12.0 Å². The summed E-state index contributed by atoms with van der Waals surface area (Å²) < 4.78 is 28.1. The third-order valence-electron chi connectivity index (χ3n) is 1.23. The number of nitrogens with one attached hydrogen (secondary N) is 1. The largest absolute Gasteiger partial charge is 0.472 e. The number of aromatic nitrogens is 1. The lowest BCUT2D eigenvalue weighted by molar-refractivity contribution is 0.0796. The summed E-state index contributed by atoms with van der Waals surface area (Å²) in [6.45, 7) is -0.666. The molecule has 0 aliphatic rings. The van der Waals surface area contributed by atoms with Gasteiger partial charge in [-0.05, 0) is 6.07 Å². The topological polar surface area (TPSA) is 60.2 Å². The third-order valence-corrected chi connectivity index (χ3v) is 1.23. The maximum atomic E-state index is 11.7. The molecule has 0 aliphatic carbocycles. The standard InChI is InChI=1S/C7H9F2N3O/c8-5(9)4-13-7-3-1-2-6(11-7)12-10/h1-3,5H,4,10H2,(H,11,12). The van der Waals surface area contributed by atoms with Gasteiger partial charge in [-0.1, -0.05) is 6.07 Å². The number of pyridine rings is 1. The quantitative estimate of drug-likeness (QED) is 0.548. The van der Waals surface area contributed by atoms with E-state index >= 15 is 0 Å². The first kappa shape index (κ1) is 9.66. The zero-order valence-electron chi connectivity index (χ0n) is 6.71. The monoisotopic (exact) mass is 189 g/mol. The van der Waals surface area contributed by atoms with E-state index in [9.17, 15) is 8.78 Å². The molecule has 0 aliphatic heterocycles. The number of hydrogen-bond acceptors (Lipinski definition) is 4. The van der Waals surface area contributed by atoms with Crippen LogP contribution in [0.15, 0.2) is 18.2 Å². The summed E-state index contributed by atoms with van der Waals surface area (Å²) in [6.07, 6.45) is -2.50. The van der Waals surface area contributed by atoms with Crippen LogP contribution in [0.25, 0.3) is 0 Å². The van der Waals surface area contributed by atoms with Crippen LogP contribution in [0, 0.1) is 0 Å². The molecule has 1 aromatic heterocycles. The number of nitrogens with zero attached hydrogens (tertiary/aromatic N) is 1. The minimum Gasteiger partial charge on any atom is -0.472 e. The van der Waals surface area contributed by atoms with Gasteiger partial charge >= 0.3 is 0 Å². The Morgan fingerprint density at radius 3 is 2.92 bits per heavy atom. The van der Waals surface area contributed by atoms with Crippen LogP contribution in [0.5, 0.6) is 5.88 Å². The molecule has 0 amide bonds. The summed E-state index contributed by atoms with van der Waals surface area (Å²) in [5.74, 6) is 5.55. The predicted octanol–water partition coefficient (Wildman–Crippen LogP) is 1.01. The number of nitrogens with two attached hydrogens (primary N) is 1. The lowest BCUT2D eigenvalue weighted by Gasteiger charge is -2.05. The molecular weight excluding hydrogens is 180 g/mol. The molecule has 0 radical (unpaired) electrons. The van der Waals surface area contributed by atoms with Gasteiger partial charge in [0.05, 0.1) is 0 Å². The normalized spacial score (nSPS) is 10.2. The van der Waals surface area contributed by atoms with E-state index in [0.717, 1.165) is 0 Å². The SMILES string of the molecule is NNc1cccc(OCC(F)F)n1. The molecule has 1 heterocycles. The highest BCUT2D eigenvalue weighted by molar-refractivity contribution is 5.35. The predicted molar refractivity (Wildman–Crippen MR) is 43.5 cm³/mol. The average Bonchev–Trinajstić information content (AvgIpc) is 2.15. The summed E-state index contributed by atoms with van der Waals surface area (Å²) in [5.41, 5.74) is 2.28. The molecule has 0 aromatic carbocycles. The molecule has 0 saturated heterocycles. The maximum Gasteiger partial charge on any atom is 0.272 e. The van der Waals surface area contributed by atoms with Crippen LogP contribution in [0.4, 0.5) is 14.6 Å². The fourth-order valence-corrected chi connectivity index (χ4v) is 0.724. The zero-order chi connectivity index (χ0) is 9.68. The Balaban J connectivity index is 2.56. The molecule has 0 atom stereocenters. The number of anilines is 1. The van der Waals surface area contributed by atoms with E-state index in [-0.39, 0.29) is 5.88 Å². The summed E-state index contributed by atoms with van der Waals surface area (Å²) in [7, 11) is 0. The Morgan fingerprint density at radius 2 is 2.31 bits per heavy atom. The van der Waals surface area contributed by atoms with Gasteiger partial charge in [0, 0.05) is 6.07 Å². The van der Waals surface area contributed by atoms with E-state index in [1.165, 1.54) is 6.07 Å². The highest BCUT2D eigenvalue weighted by atomic mass is 19.3. The summed E-state index contributed by atoms with van der Waals surface area (Å²) in [5, 5.41) is 0. The van der Waals surface area contributed by atoms with Crippen LogP contribution in [-0.4, -0.2) is 18.0 Å². The molecule has 0 saturated carbocycles. The molecular formula is C7H9F2N3O. The Labute approximate surface area is 73.7 Å². The maximum absolute atomic E-state index is 11.7. The van der Waals surface area contributed by atoms with Gasteiger partial charge in [0.2, 0.25) is 5.88 Å². The van der Waals surface area contributed by atoms with Crippen molar-refractivity contribution in [1.82, 2.24) is 4.98 Å². The third kappa shape index (κ3) is 3.20. The van der Waals surface area contributed by atoms with Gasteiger partial charge in [-0.2, -0.15) is 4.98 Å². The second-order valence-corrected chi connectivity index (χ2v) is 2.21. The van der Waals surface area contributed by atoms with Gasteiger partial charge in [0.15, 0.2) is 6.61 Å². The molecule has 6 heteroatoms. The van der Waals surface area contributed by atoms with Crippen molar-refractivity contribution in [1.29, 1.82) is 0 Å². The number of ether oxygens (including phenoxy) is 1. The number of halogens is 2. The van der Waals surface area contributed by atoms with E-state index in [4.69, 9.17) is 5.84 Å². The van der Waals surface area contributed by atoms with Crippen molar-refractivity contribution >= 4 is 5.82 Å². The van der Waals surface area contributed by atoms with Crippen molar-refractivity contribution < 1.29 is 13.5 Å². The van der Waals surface area contributed by atoms with Gasteiger partial charge in [-0.15, -0.1) is 0 Å². The van der Waals surface area contributed by atoms with Crippen molar-refractivity contribution in [3.8, 4) is 5.88 Å². The molecule has 1 rings (SSSR count). The fraction of sp³-hybridized carbons (Fsp3) is 0.286. The van der Waals surface area contributed by atoms with Crippen molar-refractivity contribution in [3.05, 3.63) is 18.2 Å². The average molecular weight is 189 g/mol. The fourth-order valence-electron chi connectivity index (χ4n) is 0.724. The number of hydrazine groups is 1. The number of alkyl halides is 2. The first-order chi connectivity index (χ1) is 6.22. The number of rotatable bonds is 4. The van der Waals surface area contributed by atoms with E-state index in [2.05, 4.69) is 15.1 Å². The Kier molecular flexibility index (Phi) is 3.39. The van der Waals surface area contributed by atoms with Crippen LogP contribution < -0.4 is 16.0 Å². The highest BCUT2D eigenvalue weighted by Crippen LogP contribution is 2.10. The minimum atomic E-state index is -2.50. The van der Waals surface area contributed by atoms with Crippen molar-refractivity contribution in [3.63, 3.8) is 0 Å². The van der Waals surface area contributed by atoms with Crippen molar-refractivity contribution in [2.45, 2.75) is 6.43 Å². The lowest BCUT2D eigenvalue weighted by Crippen LogP contribution is -2.11. The lowest BCUT2D eigenvalue weighted by atomic mass is 10.4. The molecule has 0 spiro atoms. The Bertz CT molecular complexity index is 270. The first-order valence-corrected chi connectivity index (χ1v) is 3.57. The van der Waals surface area contributed by atoms with Gasteiger partial charge < -0.3 is 10.2 Å². The van der Waals surface area contributed by atoms with Gasteiger partial charge in [0.25, 0.3) is 6.43 Å². The molecule has 0 bridgehead atoms. The van der Waals surface area contributed by atoms with Gasteiger partial charge in [0.1, 0.15) is 5.82 Å². The van der Waals surface area contributed by atoms with Crippen molar-refractivity contribution in [2.24, 2.45) is 5.84 Å². The van der Waals surface area contributed by atoms with E-state index in [0.29, 0.717) is 5.82 Å². The summed E-state index contributed by atoms with van der Waals surface area (Å²) in [4.78, 5) is 3.77. The highest BCUT2D eigenvalue weighted by Gasteiger charge is 2.04. The molecule has 0 unspecified atom stereocenters. The van der Waals surface area contributed by atoms with Gasteiger partial charge in [-0.25, -0.2) is 14.6 Å². The summed E-state index contributed by atoms with van der Waals surface area (Å²) >= 11 is 0. The second-order valence-electron chi connectivity index (χ2n) is 2.21. The molecule has 13 heavy (non-hydrogen) atoms. The second kappa shape index (κ2) is 4.56. The number of hydrogen-bond donors (Lipinski definition) is 2. The molecule has 0 fully saturated rings. The minimum absolute atomic E-state index is 0.121. The first-order valence-electron chi connectivity index (χ1n) is 3.57. The van der Waals surface area contributed by atoms with E-state index in [1.807, 2.05) is 0 Å². The molecule has 1 aromatic rings. The smallest absolute Gasteiger partial charge is 0.272 e. The molecule has 72 valence electrons. The Morgan fingerprint density at radius 1 is 1.54 bits per heavy atom. The Hall–Kier alpha value is -1.43. The van der Waals surface area contributed by atoms with Crippen LogP contribution >= 0.6 is 0 Å². The molecule has 4 nitrogen and oxygen atoms in total. The van der Waals surface area contributed by atoms with Crippen LogP contribution in [0.1, 0.15) is 0 Å². The van der Waals surface area contributed by atoms with Gasteiger partial charge in [-0.3, -0.25) is 0 Å². The van der Waals surface area contributed by atoms with Crippen LogP contribution in [0.3, 0.4) is 0 Å². The van der Waals surface area contributed by atoms with Crippen LogP contribution in [-0.2, 0) is 0 Å². The van der Waals surface area contributed by atoms with Crippen LogP contribution in [0.2, 0.25) is 0 Å². The zero-order valence-corrected chi connectivity index (χ0v) is 6.71. The van der Waals surface area contributed by atoms with E-state index in [1.54, 1.807) is 12.1 Å². The number of nitrogen functional groups attached to an aromatic ring is 1. The van der Waals surface area contributed by atoms with E-state index < -0.39 is 13.0 Å².